The number of carbonyl (C=O) groups excluding carboxylic acids is 1. The van der Waals surface area contributed by atoms with E-state index in [0.717, 1.165) is 11.1 Å². The van der Waals surface area contributed by atoms with Crippen LogP contribution < -0.4 is 4.72 Å². The van der Waals surface area contributed by atoms with Crippen LogP contribution in [0.25, 0.3) is 0 Å². The van der Waals surface area contributed by atoms with Crippen molar-refractivity contribution < 1.29 is 13.2 Å². The van der Waals surface area contributed by atoms with Crippen LogP contribution in [-0.4, -0.2) is 44.3 Å². The van der Waals surface area contributed by atoms with E-state index in [4.69, 9.17) is 11.6 Å². The van der Waals surface area contributed by atoms with Gasteiger partial charge in [0.15, 0.2) is 0 Å². The van der Waals surface area contributed by atoms with Crippen molar-refractivity contribution in [2.24, 2.45) is 0 Å². The molecule has 0 aliphatic carbocycles. The van der Waals surface area contributed by atoms with E-state index in [-0.39, 0.29) is 10.8 Å². The van der Waals surface area contributed by atoms with E-state index in [0.29, 0.717) is 23.7 Å². The summed E-state index contributed by atoms with van der Waals surface area (Å²) in [5.74, 6) is 0.372. The summed E-state index contributed by atoms with van der Waals surface area (Å²) in [6.07, 6.45) is 2.32. The van der Waals surface area contributed by atoms with Crippen LogP contribution in [0.1, 0.15) is 17.5 Å². The number of carbonyl (C=O) groups is 1. The van der Waals surface area contributed by atoms with Crippen LogP contribution in [-0.2, 0) is 21.4 Å². The Morgan fingerprint density at radius 2 is 1.82 bits per heavy atom. The molecule has 2 aromatic carbocycles. The van der Waals surface area contributed by atoms with Crippen molar-refractivity contribution in [3.05, 3.63) is 64.7 Å². The molecule has 28 heavy (non-hydrogen) atoms. The zero-order valence-corrected chi connectivity index (χ0v) is 18.6. The Bertz CT molecular complexity index is 902. The van der Waals surface area contributed by atoms with Gasteiger partial charge in [0.05, 0.1) is 4.90 Å². The molecule has 5 nitrogen and oxygen atoms in total. The molecule has 0 fully saturated rings. The molecule has 1 unspecified atom stereocenters. The fourth-order valence-electron chi connectivity index (χ4n) is 2.67. The molecule has 0 bridgehead atoms. The highest BCUT2D eigenvalue weighted by atomic mass is 35.5. The minimum absolute atomic E-state index is 0.147. The summed E-state index contributed by atoms with van der Waals surface area (Å²) in [5.41, 5.74) is 1.78. The fourth-order valence-corrected chi connectivity index (χ4v) is 4.56. The summed E-state index contributed by atoms with van der Waals surface area (Å²) in [4.78, 5) is 14.6. The van der Waals surface area contributed by atoms with Crippen molar-refractivity contribution in [1.82, 2.24) is 9.62 Å². The van der Waals surface area contributed by atoms with Gasteiger partial charge in [0.1, 0.15) is 6.04 Å². The second-order valence-electron chi connectivity index (χ2n) is 6.55. The first-order valence-electron chi connectivity index (χ1n) is 8.81. The highest BCUT2D eigenvalue weighted by molar-refractivity contribution is 7.98. The zero-order chi connectivity index (χ0) is 20.7. The quantitative estimate of drug-likeness (QED) is 0.645. The molecule has 1 atom stereocenters. The predicted molar refractivity (Wildman–Crippen MR) is 116 cm³/mol. The average molecular weight is 441 g/mol. The van der Waals surface area contributed by atoms with E-state index in [1.54, 1.807) is 49.1 Å². The standard InChI is InChI=1S/C20H25ClN2O3S2/c1-15-8-10-17(11-9-15)28(25,26)22-19(12-13-27-3)20(24)23(2)14-16-6-4-5-7-18(16)21/h4-11,19,22H,12-14H2,1-3H3. The summed E-state index contributed by atoms with van der Waals surface area (Å²) in [6, 6.07) is 13.0. The second-order valence-corrected chi connectivity index (χ2v) is 9.66. The number of amides is 1. The molecule has 0 saturated carbocycles. The van der Waals surface area contributed by atoms with Crippen LogP contribution in [0.4, 0.5) is 0 Å². The van der Waals surface area contributed by atoms with Crippen LogP contribution in [0.15, 0.2) is 53.4 Å². The second kappa shape index (κ2) is 10.3. The Morgan fingerprint density at radius 3 is 2.43 bits per heavy atom. The van der Waals surface area contributed by atoms with Crippen molar-refractivity contribution >= 4 is 39.3 Å². The van der Waals surface area contributed by atoms with Crippen molar-refractivity contribution in [3.8, 4) is 0 Å². The first-order valence-corrected chi connectivity index (χ1v) is 12.1. The van der Waals surface area contributed by atoms with Gasteiger partial charge in [0.25, 0.3) is 0 Å². The van der Waals surface area contributed by atoms with Gasteiger partial charge in [0, 0.05) is 18.6 Å². The predicted octanol–water partition coefficient (Wildman–Crippen LogP) is 3.71. The lowest BCUT2D eigenvalue weighted by molar-refractivity contribution is -0.132. The Kier molecular flexibility index (Phi) is 8.37. The maximum Gasteiger partial charge on any atom is 0.241 e. The van der Waals surface area contributed by atoms with Crippen LogP contribution in [0.2, 0.25) is 5.02 Å². The first-order chi connectivity index (χ1) is 13.2. The summed E-state index contributed by atoms with van der Waals surface area (Å²) >= 11 is 7.75. The SMILES string of the molecule is CSCCC(NS(=O)(=O)c1ccc(C)cc1)C(=O)N(C)Cc1ccccc1Cl. The van der Waals surface area contributed by atoms with Crippen LogP contribution in [0, 0.1) is 6.92 Å². The summed E-state index contributed by atoms with van der Waals surface area (Å²) in [6.45, 7) is 2.19. The number of benzene rings is 2. The molecule has 2 aromatic rings. The van der Waals surface area contributed by atoms with Crippen molar-refractivity contribution in [2.75, 3.05) is 19.1 Å². The molecule has 0 saturated heterocycles. The highest BCUT2D eigenvalue weighted by Gasteiger charge is 2.28. The maximum atomic E-state index is 13.0. The molecule has 1 N–H and O–H groups in total. The molecule has 8 heteroatoms. The van der Waals surface area contributed by atoms with Crippen LogP contribution >= 0.6 is 23.4 Å². The molecule has 1 amide bonds. The van der Waals surface area contributed by atoms with Gasteiger partial charge >= 0.3 is 0 Å². The minimum atomic E-state index is -3.80. The Hall–Kier alpha value is -1.54. The Labute approximate surface area is 176 Å². The third kappa shape index (κ3) is 6.24. The molecule has 0 radical (unpaired) electrons. The number of halogens is 1. The van der Waals surface area contributed by atoms with E-state index in [9.17, 15) is 13.2 Å². The van der Waals surface area contributed by atoms with E-state index in [1.807, 2.05) is 31.4 Å². The van der Waals surface area contributed by atoms with Gasteiger partial charge in [-0.3, -0.25) is 4.79 Å². The Morgan fingerprint density at radius 1 is 1.18 bits per heavy atom. The lowest BCUT2D eigenvalue weighted by atomic mass is 10.1. The van der Waals surface area contributed by atoms with Crippen LogP contribution in [0.3, 0.4) is 0 Å². The van der Waals surface area contributed by atoms with Crippen LogP contribution in [0.5, 0.6) is 0 Å². The third-order valence-electron chi connectivity index (χ3n) is 4.28. The maximum absolute atomic E-state index is 13.0. The summed E-state index contributed by atoms with van der Waals surface area (Å²) in [7, 11) is -2.15. The number of sulfonamides is 1. The highest BCUT2D eigenvalue weighted by Crippen LogP contribution is 2.18. The normalized spacial score (nSPS) is 12.6. The molecule has 152 valence electrons. The molecular formula is C20H25ClN2O3S2. The smallest absolute Gasteiger partial charge is 0.241 e. The number of aryl methyl sites for hydroxylation is 1. The van der Waals surface area contributed by atoms with Gasteiger partial charge in [0.2, 0.25) is 15.9 Å². The van der Waals surface area contributed by atoms with E-state index < -0.39 is 16.1 Å². The minimum Gasteiger partial charge on any atom is -0.340 e. The lowest BCUT2D eigenvalue weighted by Gasteiger charge is -2.25. The van der Waals surface area contributed by atoms with Gasteiger partial charge < -0.3 is 4.90 Å². The third-order valence-corrected chi connectivity index (χ3v) is 6.78. The van der Waals surface area contributed by atoms with Crippen molar-refractivity contribution in [3.63, 3.8) is 0 Å². The Balaban J connectivity index is 2.18. The molecule has 0 aliphatic heterocycles. The van der Waals surface area contributed by atoms with E-state index in [2.05, 4.69) is 4.72 Å². The van der Waals surface area contributed by atoms with Gasteiger partial charge in [-0.2, -0.15) is 16.5 Å². The van der Waals surface area contributed by atoms with E-state index in [1.165, 1.54) is 4.90 Å². The number of nitrogens with one attached hydrogen (secondary N) is 1. The zero-order valence-electron chi connectivity index (χ0n) is 16.2. The molecule has 0 aromatic heterocycles. The topological polar surface area (TPSA) is 66.5 Å². The fraction of sp³-hybridized carbons (Fsp3) is 0.350. The van der Waals surface area contributed by atoms with Gasteiger partial charge in [-0.05, 0) is 49.1 Å². The molecular weight excluding hydrogens is 416 g/mol. The molecule has 0 spiro atoms. The van der Waals surface area contributed by atoms with Crippen molar-refractivity contribution in [2.45, 2.75) is 30.8 Å². The summed E-state index contributed by atoms with van der Waals surface area (Å²) < 4.78 is 28.1. The van der Waals surface area contributed by atoms with Gasteiger partial charge in [-0.15, -0.1) is 0 Å². The first kappa shape index (κ1) is 22.7. The monoisotopic (exact) mass is 440 g/mol. The van der Waals surface area contributed by atoms with Gasteiger partial charge in [-0.25, -0.2) is 8.42 Å². The van der Waals surface area contributed by atoms with Gasteiger partial charge in [-0.1, -0.05) is 47.5 Å². The number of rotatable bonds is 9. The number of hydrogen-bond acceptors (Lipinski definition) is 4. The van der Waals surface area contributed by atoms with Crippen molar-refractivity contribution in [1.29, 1.82) is 0 Å². The number of nitrogens with zero attached hydrogens (tertiary/aromatic N) is 1. The number of hydrogen-bond donors (Lipinski definition) is 1. The molecule has 2 rings (SSSR count). The molecule has 0 aliphatic rings. The lowest BCUT2D eigenvalue weighted by Crippen LogP contribution is -2.47. The largest absolute Gasteiger partial charge is 0.340 e. The van der Waals surface area contributed by atoms with E-state index >= 15 is 0 Å². The number of likely N-dealkylation sites (N-methyl/N-ethyl adjacent to an activating group) is 1. The number of thioether (sulfide) groups is 1. The molecule has 0 heterocycles. The summed E-state index contributed by atoms with van der Waals surface area (Å²) in [5, 5.41) is 0.572. The average Bonchev–Trinajstić information content (AvgIpc) is 2.66.